The van der Waals surface area contributed by atoms with Gasteiger partial charge in [0.15, 0.2) is 0 Å². The molecule has 0 bridgehead atoms. The zero-order valence-electron chi connectivity index (χ0n) is 16.8. The lowest BCUT2D eigenvalue weighted by molar-refractivity contribution is -0.130. The summed E-state index contributed by atoms with van der Waals surface area (Å²) >= 11 is 0. The van der Waals surface area contributed by atoms with Crippen molar-refractivity contribution < 1.29 is 4.79 Å². The molecule has 3 heterocycles. The summed E-state index contributed by atoms with van der Waals surface area (Å²) in [5, 5.41) is 6.80. The Labute approximate surface area is 163 Å². The van der Waals surface area contributed by atoms with E-state index in [2.05, 4.69) is 20.0 Å². The molecule has 1 atom stereocenters. The van der Waals surface area contributed by atoms with Crippen LogP contribution >= 0.6 is 0 Å². The highest BCUT2D eigenvalue weighted by molar-refractivity contribution is 5.76. The van der Waals surface area contributed by atoms with Crippen LogP contribution in [-0.2, 0) is 11.2 Å². The van der Waals surface area contributed by atoms with Gasteiger partial charge in [0, 0.05) is 37.7 Å². The number of hydrogen-bond acceptors (Lipinski definition) is 3. The summed E-state index contributed by atoms with van der Waals surface area (Å²) in [6.45, 7) is 5.70. The Kier molecular flexibility index (Phi) is 6.16. The Balaban J connectivity index is 1.24. The van der Waals surface area contributed by atoms with Crippen molar-refractivity contribution in [1.82, 2.24) is 20.0 Å². The molecular weight excluding hydrogens is 336 g/mol. The number of aryl methyl sites for hydroxylation is 1. The number of aromatic nitrogens is 2. The van der Waals surface area contributed by atoms with Gasteiger partial charge < -0.3 is 9.80 Å². The van der Waals surface area contributed by atoms with Gasteiger partial charge in [0.1, 0.15) is 0 Å². The van der Waals surface area contributed by atoms with E-state index in [1.807, 2.05) is 12.4 Å². The molecule has 1 aromatic heterocycles. The Morgan fingerprint density at radius 1 is 1.15 bits per heavy atom. The Hall–Kier alpha value is -1.36. The molecule has 1 aliphatic carbocycles. The number of hydrogen-bond donors (Lipinski definition) is 1. The Morgan fingerprint density at radius 3 is 2.85 bits per heavy atom. The molecule has 0 unspecified atom stereocenters. The fourth-order valence-electron chi connectivity index (χ4n) is 5.65. The molecule has 5 heteroatoms. The highest BCUT2D eigenvalue weighted by Crippen LogP contribution is 2.39. The van der Waals surface area contributed by atoms with Gasteiger partial charge in [-0.25, -0.2) is 0 Å². The fourth-order valence-corrected chi connectivity index (χ4v) is 5.65. The molecule has 2 saturated heterocycles. The first-order valence-corrected chi connectivity index (χ1v) is 11.2. The van der Waals surface area contributed by atoms with Crippen molar-refractivity contribution in [3.05, 3.63) is 18.0 Å². The molecule has 1 amide bonds. The van der Waals surface area contributed by atoms with Crippen LogP contribution in [0.1, 0.15) is 69.8 Å². The van der Waals surface area contributed by atoms with Crippen LogP contribution in [0.15, 0.2) is 12.4 Å². The first kappa shape index (κ1) is 19.0. The maximum absolute atomic E-state index is 12.7. The van der Waals surface area contributed by atoms with Gasteiger partial charge in [0.2, 0.25) is 5.91 Å². The average molecular weight is 373 g/mol. The van der Waals surface area contributed by atoms with E-state index in [-0.39, 0.29) is 0 Å². The second-order valence-electron chi connectivity index (χ2n) is 9.34. The van der Waals surface area contributed by atoms with Gasteiger partial charge in [-0.05, 0) is 56.7 Å². The fraction of sp³-hybridized carbons (Fsp3) is 0.818. The van der Waals surface area contributed by atoms with E-state index < -0.39 is 0 Å². The molecular formula is C22H36N4O. The lowest BCUT2D eigenvalue weighted by Gasteiger charge is -2.41. The number of carbonyl (C=O) groups excluding carboxylic acids is 1. The number of amides is 1. The first-order chi connectivity index (χ1) is 13.2. The van der Waals surface area contributed by atoms with E-state index in [4.69, 9.17) is 0 Å². The topological polar surface area (TPSA) is 52.2 Å². The lowest BCUT2D eigenvalue weighted by atomic mass is 9.79. The third kappa shape index (κ3) is 4.92. The standard InChI is InChI=1S/C22H36N4O/c27-21(8-7-20-15-23-24-16-20)26-14-11-22(18-26)10-4-12-25(17-22)13-9-19-5-2-1-3-6-19/h15-16,19H,1-14,17-18H2,(H,23,24)/t22-/m0/s1. The Morgan fingerprint density at radius 2 is 2.04 bits per heavy atom. The predicted octanol–water partition coefficient (Wildman–Crippen LogP) is 3.63. The van der Waals surface area contributed by atoms with Crippen LogP contribution in [0.25, 0.3) is 0 Å². The number of H-pyrrole nitrogens is 1. The highest BCUT2D eigenvalue weighted by Gasteiger charge is 2.42. The molecule has 4 rings (SSSR count). The van der Waals surface area contributed by atoms with Gasteiger partial charge in [-0.3, -0.25) is 9.89 Å². The zero-order valence-corrected chi connectivity index (χ0v) is 16.8. The molecule has 1 saturated carbocycles. The van der Waals surface area contributed by atoms with E-state index in [9.17, 15) is 4.79 Å². The molecule has 5 nitrogen and oxygen atoms in total. The van der Waals surface area contributed by atoms with Crippen molar-refractivity contribution in [2.75, 3.05) is 32.7 Å². The first-order valence-electron chi connectivity index (χ1n) is 11.2. The largest absolute Gasteiger partial charge is 0.342 e. The molecule has 0 aromatic carbocycles. The third-order valence-electron chi connectivity index (χ3n) is 7.29. The number of nitrogens with one attached hydrogen (secondary N) is 1. The summed E-state index contributed by atoms with van der Waals surface area (Å²) < 4.78 is 0. The van der Waals surface area contributed by atoms with E-state index >= 15 is 0 Å². The van der Waals surface area contributed by atoms with Crippen LogP contribution in [0, 0.1) is 11.3 Å². The molecule has 3 aliphatic rings. The van der Waals surface area contributed by atoms with E-state index in [1.54, 1.807) is 0 Å². The molecule has 1 spiro atoms. The summed E-state index contributed by atoms with van der Waals surface area (Å²) in [6.07, 6.45) is 17.6. The number of aromatic amines is 1. The van der Waals surface area contributed by atoms with Gasteiger partial charge in [0.25, 0.3) is 0 Å². The monoisotopic (exact) mass is 372 g/mol. The zero-order chi connectivity index (χ0) is 18.5. The summed E-state index contributed by atoms with van der Waals surface area (Å²) in [5.41, 5.74) is 1.50. The van der Waals surface area contributed by atoms with Gasteiger partial charge in [0.05, 0.1) is 6.20 Å². The molecule has 1 aromatic rings. The molecule has 150 valence electrons. The van der Waals surface area contributed by atoms with E-state index in [1.165, 1.54) is 77.4 Å². The summed E-state index contributed by atoms with van der Waals surface area (Å²) in [6, 6.07) is 0. The van der Waals surface area contributed by atoms with E-state index in [0.717, 1.165) is 31.0 Å². The minimum Gasteiger partial charge on any atom is -0.342 e. The van der Waals surface area contributed by atoms with Crippen molar-refractivity contribution in [3.8, 4) is 0 Å². The normalized spacial score (nSPS) is 27.5. The molecule has 0 radical (unpaired) electrons. The minimum absolute atomic E-state index is 0.326. The summed E-state index contributed by atoms with van der Waals surface area (Å²) in [4.78, 5) is 17.5. The van der Waals surface area contributed by atoms with Crippen molar-refractivity contribution in [3.63, 3.8) is 0 Å². The molecule has 1 N–H and O–H groups in total. The van der Waals surface area contributed by atoms with Crippen molar-refractivity contribution in [2.45, 2.75) is 70.6 Å². The highest BCUT2D eigenvalue weighted by atomic mass is 16.2. The molecule has 27 heavy (non-hydrogen) atoms. The quantitative estimate of drug-likeness (QED) is 0.830. The van der Waals surface area contributed by atoms with Gasteiger partial charge in [-0.1, -0.05) is 32.1 Å². The van der Waals surface area contributed by atoms with Crippen LogP contribution in [-0.4, -0.2) is 58.6 Å². The summed E-state index contributed by atoms with van der Waals surface area (Å²) in [5.74, 6) is 1.30. The number of rotatable bonds is 6. The van der Waals surface area contributed by atoms with Gasteiger partial charge in [-0.15, -0.1) is 0 Å². The third-order valence-corrected chi connectivity index (χ3v) is 7.29. The van der Waals surface area contributed by atoms with E-state index in [0.29, 0.717) is 17.7 Å². The van der Waals surface area contributed by atoms with Crippen LogP contribution in [0.4, 0.5) is 0 Å². The van der Waals surface area contributed by atoms with Crippen molar-refractivity contribution in [2.24, 2.45) is 11.3 Å². The maximum Gasteiger partial charge on any atom is 0.222 e. The van der Waals surface area contributed by atoms with Crippen molar-refractivity contribution >= 4 is 5.91 Å². The smallest absolute Gasteiger partial charge is 0.222 e. The lowest BCUT2D eigenvalue weighted by Crippen LogP contribution is -2.45. The second kappa shape index (κ2) is 8.76. The Bertz CT molecular complexity index is 595. The minimum atomic E-state index is 0.326. The predicted molar refractivity (Wildman–Crippen MR) is 107 cm³/mol. The SMILES string of the molecule is O=C(CCc1cn[nH]c1)N1CC[C@]2(CCCN(CCC3CCCCC3)C2)C1. The number of nitrogens with zero attached hydrogens (tertiary/aromatic N) is 3. The average Bonchev–Trinajstić information content (AvgIpc) is 3.36. The maximum atomic E-state index is 12.7. The number of piperidine rings is 1. The number of likely N-dealkylation sites (tertiary alicyclic amines) is 2. The van der Waals surface area contributed by atoms with Crippen LogP contribution < -0.4 is 0 Å². The number of carbonyl (C=O) groups is 1. The van der Waals surface area contributed by atoms with Crippen molar-refractivity contribution in [1.29, 1.82) is 0 Å². The molecule has 3 fully saturated rings. The van der Waals surface area contributed by atoms with Crippen LogP contribution in [0.2, 0.25) is 0 Å². The van der Waals surface area contributed by atoms with Gasteiger partial charge >= 0.3 is 0 Å². The molecule has 2 aliphatic heterocycles. The van der Waals surface area contributed by atoms with Crippen LogP contribution in [0.3, 0.4) is 0 Å². The summed E-state index contributed by atoms with van der Waals surface area (Å²) in [7, 11) is 0. The second-order valence-corrected chi connectivity index (χ2v) is 9.34. The van der Waals surface area contributed by atoms with Crippen LogP contribution in [0.5, 0.6) is 0 Å². The van der Waals surface area contributed by atoms with Gasteiger partial charge in [-0.2, -0.15) is 5.10 Å².